The van der Waals surface area contributed by atoms with Crippen molar-refractivity contribution in [1.82, 2.24) is 9.88 Å². The van der Waals surface area contributed by atoms with E-state index in [-0.39, 0.29) is 17.4 Å². The second kappa shape index (κ2) is 7.97. The monoisotopic (exact) mass is 379 g/mol. The number of hydrogen-bond acceptors (Lipinski definition) is 6. The van der Waals surface area contributed by atoms with Gasteiger partial charge in [-0.15, -0.1) is 23.1 Å². The van der Waals surface area contributed by atoms with Crippen molar-refractivity contribution in [2.75, 3.05) is 36.8 Å². The number of halogens is 1. The molecule has 0 saturated carbocycles. The Morgan fingerprint density at radius 3 is 2.64 bits per heavy atom. The first kappa shape index (κ1) is 17.9. The highest BCUT2D eigenvalue weighted by molar-refractivity contribution is 8.00. The molecular formula is C17H18FN3O2S2. The number of anilines is 1. The normalized spacial score (nSPS) is 14.6. The summed E-state index contributed by atoms with van der Waals surface area (Å²) in [6.07, 6.45) is 1.78. The molecule has 1 amide bonds. The van der Waals surface area contributed by atoms with E-state index in [2.05, 4.69) is 9.88 Å². The molecule has 0 N–H and O–H groups in total. The van der Waals surface area contributed by atoms with Crippen molar-refractivity contribution in [1.29, 1.82) is 0 Å². The number of carbonyl (C=O) groups is 2. The third-order valence-electron chi connectivity index (χ3n) is 4.01. The van der Waals surface area contributed by atoms with Crippen molar-refractivity contribution in [3.63, 3.8) is 0 Å². The summed E-state index contributed by atoms with van der Waals surface area (Å²) in [5, 5.41) is 2.92. The summed E-state index contributed by atoms with van der Waals surface area (Å²) in [6.45, 7) is 4.20. The summed E-state index contributed by atoms with van der Waals surface area (Å²) in [6, 6.07) is 4.37. The van der Waals surface area contributed by atoms with Gasteiger partial charge in [-0.2, -0.15) is 0 Å². The van der Waals surface area contributed by atoms with Gasteiger partial charge < -0.3 is 9.80 Å². The van der Waals surface area contributed by atoms with Crippen LogP contribution in [0.15, 0.2) is 34.7 Å². The summed E-state index contributed by atoms with van der Waals surface area (Å²) < 4.78 is 14.0. The summed E-state index contributed by atoms with van der Waals surface area (Å²) in [5.41, 5.74) is 0.339. The molecule has 132 valence electrons. The van der Waals surface area contributed by atoms with Crippen LogP contribution in [-0.2, 0) is 4.79 Å². The van der Waals surface area contributed by atoms with Gasteiger partial charge in [-0.25, -0.2) is 9.37 Å². The summed E-state index contributed by atoms with van der Waals surface area (Å²) in [7, 11) is 0. The fraction of sp³-hybridized carbons (Fsp3) is 0.353. The van der Waals surface area contributed by atoms with Crippen molar-refractivity contribution in [3.05, 3.63) is 41.2 Å². The molecule has 1 aliphatic heterocycles. The molecule has 1 aliphatic rings. The van der Waals surface area contributed by atoms with E-state index in [1.54, 1.807) is 34.6 Å². The lowest BCUT2D eigenvalue weighted by Gasteiger charge is -2.34. The predicted molar refractivity (Wildman–Crippen MR) is 98.0 cm³/mol. The topological polar surface area (TPSA) is 53.5 Å². The third-order valence-corrected chi connectivity index (χ3v) is 5.88. The molecular weight excluding hydrogens is 361 g/mol. The van der Waals surface area contributed by atoms with Gasteiger partial charge in [0, 0.05) is 48.2 Å². The van der Waals surface area contributed by atoms with Gasteiger partial charge in [0.25, 0.3) is 0 Å². The van der Waals surface area contributed by atoms with Crippen LogP contribution < -0.4 is 4.90 Å². The number of thioether (sulfide) groups is 1. The number of Topliss-reactive ketones (excluding diaryl/α,β-unsaturated/α-hetero) is 1. The Morgan fingerprint density at radius 2 is 2.04 bits per heavy atom. The number of ketones is 1. The predicted octanol–water partition coefficient (Wildman–Crippen LogP) is 2.93. The zero-order chi connectivity index (χ0) is 17.8. The fourth-order valence-corrected chi connectivity index (χ4v) is 4.11. The highest BCUT2D eigenvalue weighted by Crippen LogP contribution is 2.24. The second-order valence-corrected chi connectivity index (χ2v) is 7.56. The molecule has 0 unspecified atom stereocenters. The van der Waals surface area contributed by atoms with Crippen LogP contribution in [0.5, 0.6) is 0 Å². The van der Waals surface area contributed by atoms with Crippen LogP contribution in [0.4, 0.5) is 9.52 Å². The Morgan fingerprint density at radius 1 is 1.28 bits per heavy atom. The van der Waals surface area contributed by atoms with Crippen LogP contribution in [-0.4, -0.2) is 53.5 Å². The smallest absolute Gasteiger partial charge is 0.233 e. The number of aromatic nitrogens is 1. The van der Waals surface area contributed by atoms with Crippen molar-refractivity contribution in [3.8, 4) is 0 Å². The Bertz CT molecular complexity index is 759. The number of hydrogen-bond donors (Lipinski definition) is 0. The minimum absolute atomic E-state index is 0.00108. The van der Waals surface area contributed by atoms with E-state index in [4.69, 9.17) is 0 Å². The molecule has 0 atom stereocenters. The number of benzene rings is 1. The van der Waals surface area contributed by atoms with E-state index in [1.807, 2.05) is 5.38 Å². The van der Waals surface area contributed by atoms with Gasteiger partial charge >= 0.3 is 0 Å². The minimum atomic E-state index is -0.459. The lowest BCUT2D eigenvalue weighted by molar-refractivity contribution is -0.128. The van der Waals surface area contributed by atoms with Gasteiger partial charge in [0.05, 0.1) is 5.75 Å². The molecule has 8 heteroatoms. The number of carbonyl (C=O) groups excluding carboxylic acids is 2. The van der Waals surface area contributed by atoms with Gasteiger partial charge in [0.2, 0.25) is 5.91 Å². The van der Waals surface area contributed by atoms with Crippen molar-refractivity contribution in [2.45, 2.75) is 11.8 Å². The number of rotatable bonds is 5. The highest BCUT2D eigenvalue weighted by Gasteiger charge is 2.22. The number of amides is 1. The molecule has 0 bridgehead atoms. The van der Waals surface area contributed by atoms with Gasteiger partial charge in [-0.3, -0.25) is 9.59 Å². The Hall–Kier alpha value is -1.93. The second-order valence-electron chi connectivity index (χ2n) is 5.67. The Balaban J connectivity index is 1.51. The summed E-state index contributed by atoms with van der Waals surface area (Å²) in [5.74, 6) is -0.448. The van der Waals surface area contributed by atoms with Crippen LogP contribution in [0.3, 0.4) is 0 Å². The number of nitrogens with zero attached hydrogens (tertiary/aromatic N) is 3. The van der Waals surface area contributed by atoms with E-state index < -0.39 is 5.82 Å². The van der Waals surface area contributed by atoms with Gasteiger partial charge in [-0.05, 0) is 19.1 Å². The zero-order valence-electron chi connectivity index (χ0n) is 13.8. The van der Waals surface area contributed by atoms with E-state index >= 15 is 0 Å². The molecule has 2 aromatic rings. The van der Waals surface area contributed by atoms with Crippen LogP contribution in [0.2, 0.25) is 0 Å². The molecule has 1 saturated heterocycles. The average Bonchev–Trinajstić information content (AvgIpc) is 3.15. The van der Waals surface area contributed by atoms with Crippen LogP contribution in [0.25, 0.3) is 0 Å². The first-order valence-corrected chi connectivity index (χ1v) is 9.76. The van der Waals surface area contributed by atoms with E-state index in [1.165, 1.54) is 24.8 Å². The molecule has 0 spiro atoms. The largest absolute Gasteiger partial charge is 0.345 e. The van der Waals surface area contributed by atoms with Crippen LogP contribution in [0.1, 0.15) is 17.3 Å². The maximum atomic E-state index is 14.0. The van der Waals surface area contributed by atoms with Gasteiger partial charge in [0.15, 0.2) is 10.9 Å². The van der Waals surface area contributed by atoms with Gasteiger partial charge in [-0.1, -0.05) is 6.07 Å². The van der Waals surface area contributed by atoms with Crippen molar-refractivity contribution >= 4 is 39.9 Å². The number of piperazine rings is 1. The van der Waals surface area contributed by atoms with Crippen molar-refractivity contribution in [2.24, 2.45) is 0 Å². The van der Waals surface area contributed by atoms with E-state index in [0.29, 0.717) is 23.5 Å². The number of thiazole rings is 1. The first-order chi connectivity index (χ1) is 12.0. The molecule has 0 aliphatic carbocycles. The molecule has 3 rings (SSSR count). The minimum Gasteiger partial charge on any atom is -0.345 e. The van der Waals surface area contributed by atoms with E-state index in [0.717, 1.165) is 18.2 Å². The fourth-order valence-electron chi connectivity index (χ4n) is 2.59. The molecule has 1 aromatic heterocycles. The Kier molecular flexibility index (Phi) is 5.70. The molecule has 5 nitrogen and oxygen atoms in total. The third kappa shape index (κ3) is 4.38. The van der Waals surface area contributed by atoms with E-state index in [9.17, 15) is 14.0 Å². The molecule has 1 fully saturated rings. The van der Waals surface area contributed by atoms with Crippen LogP contribution >= 0.6 is 23.1 Å². The standard InChI is InChI=1S/C17H18FN3O2S2/c1-12(22)13-2-3-15(14(18)10-13)25-11-16(23)20-5-7-21(8-6-20)17-19-4-9-24-17/h2-4,9-10H,5-8,11H2,1H3. The highest BCUT2D eigenvalue weighted by atomic mass is 32.2. The molecule has 2 heterocycles. The Labute approximate surface area is 153 Å². The lowest BCUT2D eigenvalue weighted by Crippen LogP contribution is -2.49. The van der Waals surface area contributed by atoms with Gasteiger partial charge in [0.1, 0.15) is 5.82 Å². The maximum absolute atomic E-state index is 14.0. The zero-order valence-corrected chi connectivity index (χ0v) is 15.4. The SMILES string of the molecule is CC(=O)c1ccc(SCC(=O)N2CCN(c3nccs3)CC2)c(F)c1. The average molecular weight is 379 g/mol. The first-order valence-electron chi connectivity index (χ1n) is 7.90. The van der Waals surface area contributed by atoms with Crippen LogP contribution in [0, 0.1) is 5.82 Å². The quantitative estimate of drug-likeness (QED) is 0.591. The van der Waals surface area contributed by atoms with Crippen molar-refractivity contribution < 1.29 is 14.0 Å². The summed E-state index contributed by atoms with van der Waals surface area (Å²) >= 11 is 2.76. The molecule has 1 aromatic carbocycles. The molecule has 0 radical (unpaired) electrons. The lowest BCUT2D eigenvalue weighted by atomic mass is 10.1. The summed E-state index contributed by atoms with van der Waals surface area (Å²) in [4.78, 5) is 32.2. The molecule has 25 heavy (non-hydrogen) atoms. The maximum Gasteiger partial charge on any atom is 0.233 e.